The lowest BCUT2D eigenvalue weighted by molar-refractivity contribution is -0.150. The van der Waals surface area contributed by atoms with Gasteiger partial charge in [-0.05, 0) is 32.8 Å². The minimum atomic E-state index is -0.391. The Morgan fingerprint density at radius 3 is 2.04 bits per heavy atom. The van der Waals surface area contributed by atoms with Crippen molar-refractivity contribution < 1.29 is 19.1 Å². The van der Waals surface area contributed by atoms with Crippen LogP contribution in [0.5, 0.6) is 0 Å². The molecule has 0 amide bonds. The van der Waals surface area contributed by atoms with Crippen molar-refractivity contribution in [1.29, 1.82) is 0 Å². The highest BCUT2D eigenvalue weighted by Crippen LogP contribution is 2.09. The van der Waals surface area contributed by atoms with E-state index in [0.717, 1.165) is 12.8 Å². The Balaban J connectivity index is 3.42. The number of carbonyl (C=O) groups excluding carboxylic acids is 2. The fraction of sp³-hybridized carbons (Fsp3) is 0.789. The van der Waals surface area contributed by atoms with Gasteiger partial charge in [0.2, 0.25) is 0 Å². The summed E-state index contributed by atoms with van der Waals surface area (Å²) in [4.78, 5) is 22.7. The third-order valence-electron chi connectivity index (χ3n) is 3.42. The lowest BCUT2D eigenvalue weighted by atomic mass is 10.1. The first-order valence-electron chi connectivity index (χ1n) is 9.10. The van der Waals surface area contributed by atoms with E-state index in [1.165, 1.54) is 51.2 Å². The van der Waals surface area contributed by atoms with Crippen LogP contribution in [0, 0.1) is 0 Å². The number of unbranched alkanes of at least 4 members (excludes halogenated alkanes) is 8. The Bertz CT molecular complexity index is 334. The number of hydrogen-bond acceptors (Lipinski definition) is 4. The monoisotopic (exact) mass is 326 g/mol. The van der Waals surface area contributed by atoms with E-state index in [0.29, 0.717) is 0 Å². The summed E-state index contributed by atoms with van der Waals surface area (Å²) in [6, 6.07) is 0. The molecule has 0 radical (unpaired) electrons. The fourth-order valence-electron chi connectivity index (χ4n) is 2.17. The quantitative estimate of drug-likeness (QED) is 0.247. The molecule has 4 nitrogen and oxygen atoms in total. The van der Waals surface area contributed by atoms with Crippen molar-refractivity contribution in [2.75, 3.05) is 0 Å². The van der Waals surface area contributed by atoms with Crippen LogP contribution in [0.25, 0.3) is 0 Å². The normalized spacial score (nSPS) is 11.1. The first-order chi connectivity index (χ1) is 11.1. The Labute approximate surface area is 141 Å². The van der Waals surface area contributed by atoms with Crippen molar-refractivity contribution >= 4 is 11.9 Å². The van der Waals surface area contributed by atoms with Crippen LogP contribution < -0.4 is 0 Å². The summed E-state index contributed by atoms with van der Waals surface area (Å²) in [5.74, 6) is -0.752. The minimum absolute atomic E-state index is 0.0631. The highest BCUT2D eigenvalue weighted by atomic mass is 16.5. The van der Waals surface area contributed by atoms with E-state index in [1.807, 2.05) is 6.08 Å². The summed E-state index contributed by atoms with van der Waals surface area (Å²) in [6.07, 6.45) is 14.6. The van der Waals surface area contributed by atoms with Gasteiger partial charge in [-0.2, -0.15) is 0 Å². The van der Waals surface area contributed by atoms with Gasteiger partial charge in [-0.25, -0.2) is 0 Å². The molecule has 0 atom stereocenters. The molecule has 0 heterocycles. The second-order valence-electron chi connectivity index (χ2n) is 6.16. The van der Waals surface area contributed by atoms with Gasteiger partial charge in [-0.1, -0.05) is 51.9 Å². The summed E-state index contributed by atoms with van der Waals surface area (Å²) < 4.78 is 9.89. The van der Waals surface area contributed by atoms with Gasteiger partial charge in [0.25, 0.3) is 0 Å². The van der Waals surface area contributed by atoms with Gasteiger partial charge in [-0.15, -0.1) is 0 Å². The molecule has 0 fully saturated rings. The maximum Gasteiger partial charge on any atom is 0.311 e. The number of carbonyl (C=O) groups is 2. The Hall–Kier alpha value is -1.32. The summed E-state index contributed by atoms with van der Waals surface area (Å²) in [5, 5.41) is 0. The van der Waals surface area contributed by atoms with Crippen LogP contribution >= 0.6 is 0 Å². The molecule has 0 saturated heterocycles. The molecule has 0 aliphatic heterocycles. The number of ether oxygens (including phenoxy) is 2. The predicted molar refractivity (Wildman–Crippen MR) is 92.9 cm³/mol. The summed E-state index contributed by atoms with van der Waals surface area (Å²) in [5.41, 5.74) is 0. The summed E-state index contributed by atoms with van der Waals surface area (Å²) in [6.45, 7) is 5.80. The zero-order valence-corrected chi connectivity index (χ0v) is 15.1. The Kier molecular flexibility index (Phi) is 14.7. The maximum atomic E-state index is 11.4. The predicted octanol–water partition coefficient (Wildman–Crippen LogP) is 5.31. The number of rotatable bonds is 14. The molecule has 0 aromatic heterocycles. The number of hydrogen-bond donors (Lipinski definition) is 0. The highest BCUT2D eigenvalue weighted by molar-refractivity contribution is 5.77. The van der Waals surface area contributed by atoms with Crippen LogP contribution in [0.2, 0.25) is 0 Å². The van der Waals surface area contributed by atoms with Gasteiger partial charge in [0.15, 0.2) is 0 Å². The second-order valence-corrected chi connectivity index (χ2v) is 6.16. The summed E-state index contributed by atoms with van der Waals surface area (Å²) in [7, 11) is 0. The van der Waals surface area contributed by atoms with Crippen molar-refractivity contribution in [2.45, 2.75) is 97.5 Å². The lowest BCUT2D eigenvalue weighted by Crippen LogP contribution is -2.13. The van der Waals surface area contributed by atoms with E-state index in [1.54, 1.807) is 13.8 Å². The Morgan fingerprint density at radius 1 is 0.870 bits per heavy atom. The van der Waals surface area contributed by atoms with Gasteiger partial charge < -0.3 is 9.47 Å². The molecule has 23 heavy (non-hydrogen) atoms. The van der Waals surface area contributed by atoms with Crippen LogP contribution in [0.15, 0.2) is 12.3 Å². The van der Waals surface area contributed by atoms with Crippen molar-refractivity contribution in [3.05, 3.63) is 12.3 Å². The van der Waals surface area contributed by atoms with E-state index >= 15 is 0 Å². The molecule has 0 aliphatic carbocycles. The average molecular weight is 326 g/mol. The average Bonchev–Trinajstić information content (AvgIpc) is 2.50. The molecular formula is C19H34O4. The highest BCUT2D eigenvalue weighted by Gasteiger charge is 2.09. The van der Waals surface area contributed by atoms with Crippen LogP contribution in [-0.4, -0.2) is 18.0 Å². The minimum Gasteiger partial charge on any atom is -0.463 e. The van der Waals surface area contributed by atoms with E-state index in [2.05, 4.69) is 6.92 Å². The van der Waals surface area contributed by atoms with Crippen LogP contribution in [0.1, 0.15) is 91.4 Å². The molecule has 0 rings (SSSR count). The molecule has 0 spiro atoms. The molecule has 0 unspecified atom stereocenters. The fourth-order valence-corrected chi connectivity index (χ4v) is 2.17. The van der Waals surface area contributed by atoms with Crippen molar-refractivity contribution in [3.8, 4) is 0 Å². The van der Waals surface area contributed by atoms with E-state index in [9.17, 15) is 9.59 Å². The molecule has 0 aromatic carbocycles. The molecule has 0 N–H and O–H groups in total. The van der Waals surface area contributed by atoms with Gasteiger partial charge in [0.05, 0.1) is 25.2 Å². The molecular weight excluding hydrogens is 292 g/mol. The number of esters is 2. The number of allylic oxidation sites excluding steroid dienone is 1. The van der Waals surface area contributed by atoms with E-state index in [4.69, 9.17) is 9.47 Å². The van der Waals surface area contributed by atoms with Crippen LogP contribution in [-0.2, 0) is 19.1 Å². The standard InChI is InChI=1S/C19H34O4/c1-4-5-6-7-8-9-10-11-12-13-16-22-18(20)14-15-19(21)23-17(2)3/h13,16-17H,4-12,14-15H2,1-3H3. The molecule has 0 bridgehead atoms. The van der Waals surface area contributed by atoms with Crippen LogP contribution in [0.4, 0.5) is 0 Å². The topological polar surface area (TPSA) is 52.6 Å². The van der Waals surface area contributed by atoms with Crippen molar-refractivity contribution in [3.63, 3.8) is 0 Å². The van der Waals surface area contributed by atoms with Gasteiger partial charge in [0.1, 0.15) is 0 Å². The Morgan fingerprint density at radius 2 is 1.43 bits per heavy atom. The first kappa shape index (κ1) is 21.7. The van der Waals surface area contributed by atoms with Crippen molar-refractivity contribution in [1.82, 2.24) is 0 Å². The van der Waals surface area contributed by atoms with Gasteiger partial charge >= 0.3 is 11.9 Å². The third kappa shape index (κ3) is 16.9. The van der Waals surface area contributed by atoms with E-state index in [-0.39, 0.29) is 24.9 Å². The molecule has 134 valence electrons. The molecule has 0 aromatic rings. The van der Waals surface area contributed by atoms with Crippen LogP contribution in [0.3, 0.4) is 0 Å². The second kappa shape index (κ2) is 15.6. The first-order valence-corrected chi connectivity index (χ1v) is 9.10. The lowest BCUT2D eigenvalue weighted by Gasteiger charge is -2.06. The molecule has 0 aliphatic rings. The van der Waals surface area contributed by atoms with Gasteiger partial charge in [-0.3, -0.25) is 9.59 Å². The molecule has 0 saturated carbocycles. The van der Waals surface area contributed by atoms with E-state index < -0.39 is 5.97 Å². The van der Waals surface area contributed by atoms with Crippen molar-refractivity contribution in [2.24, 2.45) is 0 Å². The maximum absolute atomic E-state index is 11.4. The zero-order chi connectivity index (χ0) is 17.3. The largest absolute Gasteiger partial charge is 0.463 e. The third-order valence-corrected chi connectivity index (χ3v) is 3.42. The molecule has 4 heteroatoms. The van der Waals surface area contributed by atoms with Gasteiger partial charge in [0, 0.05) is 0 Å². The summed E-state index contributed by atoms with van der Waals surface area (Å²) >= 11 is 0. The SMILES string of the molecule is CCCCCCCCCCC=COC(=O)CCC(=O)OC(C)C. The zero-order valence-electron chi connectivity index (χ0n) is 15.1. The smallest absolute Gasteiger partial charge is 0.311 e.